The van der Waals surface area contributed by atoms with Crippen molar-refractivity contribution in [3.05, 3.63) is 23.8 Å². The van der Waals surface area contributed by atoms with Gasteiger partial charge in [-0.3, -0.25) is 4.99 Å². The fourth-order valence-corrected chi connectivity index (χ4v) is 3.86. The number of hydrogen-bond donors (Lipinski definition) is 1. The van der Waals surface area contributed by atoms with E-state index in [2.05, 4.69) is 33.2 Å². The van der Waals surface area contributed by atoms with Gasteiger partial charge in [0.05, 0.1) is 14.2 Å². The van der Waals surface area contributed by atoms with Crippen molar-refractivity contribution >= 4 is 5.96 Å². The topological polar surface area (TPSA) is 49.3 Å². The van der Waals surface area contributed by atoms with E-state index in [1.807, 2.05) is 19.2 Å². The van der Waals surface area contributed by atoms with Crippen LogP contribution < -0.4 is 14.8 Å². The molecule has 1 saturated heterocycles. The summed E-state index contributed by atoms with van der Waals surface area (Å²) >= 11 is 0. The van der Waals surface area contributed by atoms with Crippen LogP contribution in [0.5, 0.6) is 11.5 Å². The zero-order valence-electron chi connectivity index (χ0n) is 17.2. The highest BCUT2D eigenvalue weighted by molar-refractivity contribution is 5.79. The van der Waals surface area contributed by atoms with Gasteiger partial charge in [-0.2, -0.15) is 0 Å². The van der Waals surface area contributed by atoms with Gasteiger partial charge in [0.15, 0.2) is 17.5 Å². The lowest BCUT2D eigenvalue weighted by Gasteiger charge is -2.24. The highest BCUT2D eigenvalue weighted by atomic mass is 16.5. The molecule has 1 unspecified atom stereocenters. The van der Waals surface area contributed by atoms with Gasteiger partial charge in [0.25, 0.3) is 0 Å². The van der Waals surface area contributed by atoms with E-state index >= 15 is 0 Å². The second-order valence-electron chi connectivity index (χ2n) is 7.67. The summed E-state index contributed by atoms with van der Waals surface area (Å²) in [6.07, 6.45) is 5.04. The van der Waals surface area contributed by atoms with Crippen LogP contribution in [0.25, 0.3) is 0 Å². The van der Waals surface area contributed by atoms with Gasteiger partial charge >= 0.3 is 0 Å². The zero-order chi connectivity index (χ0) is 19.2. The van der Waals surface area contributed by atoms with Crippen molar-refractivity contribution in [1.29, 1.82) is 0 Å². The predicted octanol–water partition coefficient (Wildman–Crippen LogP) is 2.24. The summed E-state index contributed by atoms with van der Waals surface area (Å²) in [4.78, 5) is 9.32. The quantitative estimate of drug-likeness (QED) is 0.559. The Kier molecular flexibility index (Phi) is 6.83. The lowest BCUT2D eigenvalue weighted by atomic mass is 10.1. The van der Waals surface area contributed by atoms with Crippen LogP contribution in [-0.4, -0.2) is 76.3 Å². The van der Waals surface area contributed by atoms with E-state index in [-0.39, 0.29) is 0 Å². The maximum absolute atomic E-state index is 5.40. The molecule has 2 fully saturated rings. The van der Waals surface area contributed by atoms with Crippen LogP contribution in [0.3, 0.4) is 0 Å². The average molecular weight is 375 g/mol. The van der Waals surface area contributed by atoms with Gasteiger partial charge in [-0.1, -0.05) is 6.07 Å². The van der Waals surface area contributed by atoms with Crippen molar-refractivity contribution in [3.8, 4) is 11.5 Å². The molecule has 6 nitrogen and oxygen atoms in total. The normalized spacial score (nSPS) is 20.6. The first-order valence-corrected chi connectivity index (χ1v) is 10.0. The van der Waals surface area contributed by atoms with E-state index < -0.39 is 0 Å². The molecule has 3 rings (SSSR count). The molecule has 1 heterocycles. The first-order valence-electron chi connectivity index (χ1n) is 10.0. The Morgan fingerprint density at radius 2 is 2.00 bits per heavy atom. The van der Waals surface area contributed by atoms with Crippen LogP contribution in [0.4, 0.5) is 0 Å². The third-order valence-electron chi connectivity index (χ3n) is 5.69. The summed E-state index contributed by atoms with van der Waals surface area (Å²) in [6, 6.07) is 7.00. The van der Waals surface area contributed by atoms with Crippen molar-refractivity contribution in [2.24, 2.45) is 10.9 Å². The van der Waals surface area contributed by atoms with Crippen LogP contribution >= 0.6 is 0 Å². The van der Waals surface area contributed by atoms with Gasteiger partial charge in [-0.05, 0) is 55.8 Å². The second-order valence-corrected chi connectivity index (χ2v) is 7.67. The van der Waals surface area contributed by atoms with Crippen molar-refractivity contribution in [2.45, 2.75) is 31.7 Å². The molecular weight excluding hydrogens is 340 g/mol. The number of benzene rings is 1. The van der Waals surface area contributed by atoms with Gasteiger partial charge in [0.1, 0.15) is 0 Å². The number of guanidine groups is 1. The molecule has 1 N–H and O–H groups in total. The molecular formula is C21H34N4O2. The molecule has 6 heteroatoms. The van der Waals surface area contributed by atoms with Gasteiger partial charge in [0, 0.05) is 39.8 Å². The number of ether oxygens (including phenoxy) is 2. The molecule has 1 atom stereocenters. The van der Waals surface area contributed by atoms with Crippen molar-refractivity contribution in [3.63, 3.8) is 0 Å². The molecule has 1 aromatic rings. The van der Waals surface area contributed by atoms with Crippen LogP contribution in [-0.2, 0) is 6.42 Å². The maximum atomic E-state index is 5.40. The highest BCUT2D eigenvalue weighted by Gasteiger charge is 2.34. The minimum Gasteiger partial charge on any atom is -0.493 e. The molecule has 0 spiro atoms. The number of likely N-dealkylation sites (tertiary alicyclic amines) is 1. The molecule has 1 aliphatic heterocycles. The Labute approximate surface area is 163 Å². The standard InChI is InChI=1S/C21H34N4O2/c1-22-21(23-14-17-10-12-25(15-17)18-6-7-18)24(2)11-9-16-5-8-19(26-3)20(13-16)27-4/h5,8,13,17-18H,6-7,9-12,14-15H2,1-4H3,(H,22,23). The monoisotopic (exact) mass is 374 g/mol. The Morgan fingerprint density at radius 3 is 2.67 bits per heavy atom. The van der Waals surface area contributed by atoms with Crippen molar-refractivity contribution in [2.75, 3.05) is 54.5 Å². The van der Waals surface area contributed by atoms with Gasteiger partial charge in [-0.25, -0.2) is 0 Å². The Morgan fingerprint density at radius 1 is 1.22 bits per heavy atom. The van der Waals surface area contributed by atoms with Crippen LogP contribution in [0.15, 0.2) is 23.2 Å². The number of aliphatic imine (C=N–C) groups is 1. The molecule has 27 heavy (non-hydrogen) atoms. The molecule has 1 saturated carbocycles. The fraction of sp³-hybridized carbons (Fsp3) is 0.667. The number of nitrogens with one attached hydrogen (secondary N) is 1. The van der Waals surface area contributed by atoms with Crippen LogP contribution in [0, 0.1) is 5.92 Å². The Balaban J connectivity index is 1.45. The number of methoxy groups -OCH3 is 2. The molecule has 150 valence electrons. The minimum absolute atomic E-state index is 0.738. The summed E-state index contributed by atoms with van der Waals surface area (Å²) in [7, 11) is 7.30. The highest BCUT2D eigenvalue weighted by Crippen LogP contribution is 2.31. The van der Waals surface area contributed by atoms with Gasteiger partial charge in [0.2, 0.25) is 0 Å². The summed E-state index contributed by atoms with van der Waals surface area (Å²) in [6.45, 7) is 4.42. The third kappa shape index (κ3) is 5.28. The first kappa shape index (κ1) is 19.8. The van der Waals surface area contributed by atoms with Crippen molar-refractivity contribution in [1.82, 2.24) is 15.1 Å². The minimum atomic E-state index is 0.738. The molecule has 1 aliphatic carbocycles. The smallest absolute Gasteiger partial charge is 0.193 e. The van der Waals surface area contributed by atoms with Crippen LogP contribution in [0.2, 0.25) is 0 Å². The molecule has 0 bridgehead atoms. The summed E-state index contributed by atoms with van der Waals surface area (Å²) in [5, 5.41) is 3.57. The summed E-state index contributed by atoms with van der Waals surface area (Å²) in [5.41, 5.74) is 1.23. The maximum Gasteiger partial charge on any atom is 0.193 e. The SMILES string of the molecule is CN=C(NCC1CCN(C2CC2)C1)N(C)CCc1ccc(OC)c(OC)c1. The predicted molar refractivity (Wildman–Crippen MR) is 110 cm³/mol. The Bertz CT molecular complexity index is 645. The third-order valence-corrected chi connectivity index (χ3v) is 5.69. The number of hydrogen-bond acceptors (Lipinski definition) is 4. The van der Waals surface area contributed by atoms with E-state index in [1.165, 1.54) is 37.9 Å². The van der Waals surface area contributed by atoms with Gasteiger partial charge in [-0.15, -0.1) is 0 Å². The molecule has 0 radical (unpaired) electrons. The average Bonchev–Trinajstić information content (AvgIpc) is 3.45. The second kappa shape index (κ2) is 9.31. The molecule has 1 aromatic carbocycles. The van der Waals surface area contributed by atoms with E-state index in [0.29, 0.717) is 0 Å². The summed E-state index contributed by atoms with van der Waals surface area (Å²) in [5.74, 6) is 3.26. The van der Waals surface area contributed by atoms with E-state index in [1.54, 1.807) is 14.2 Å². The van der Waals surface area contributed by atoms with Crippen LogP contribution in [0.1, 0.15) is 24.8 Å². The Hall–Kier alpha value is -1.95. The number of rotatable bonds is 8. The summed E-state index contributed by atoms with van der Waals surface area (Å²) < 4.78 is 10.7. The molecule has 0 amide bonds. The lowest BCUT2D eigenvalue weighted by Crippen LogP contribution is -2.42. The van der Waals surface area contributed by atoms with Crippen molar-refractivity contribution < 1.29 is 9.47 Å². The number of likely N-dealkylation sites (N-methyl/N-ethyl adjacent to an activating group) is 1. The fourth-order valence-electron chi connectivity index (χ4n) is 3.86. The number of nitrogens with zero attached hydrogens (tertiary/aromatic N) is 3. The zero-order valence-corrected chi connectivity index (χ0v) is 17.2. The molecule has 2 aliphatic rings. The first-order chi connectivity index (χ1) is 13.1. The van der Waals surface area contributed by atoms with E-state index in [9.17, 15) is 0 Å². The van der Waals surface area contributed by atoms with E-state index in [0.717, 1.165) is 48.9 Å². The van der Waals surface area contributed by atoms with E-state index in [4.69, 9.17) is 9.47 Å². The van der Waals surface area contributed by atoms with Gasteiger partial charge < -0.3 is 24.6 Å². The lowest BCUT2D eigenvalue weighted by molar-refractivity contribution is 0.313. The largest absolute Gasteiger partial charge is 0.493 e. The molecule has 0 aromatic heterocycles.